The zero-order valence-corrected chi connectivity index (χ0v) is 12.4. The first kappa shape index (κ1) is 13.8. The number of hydrogen-bond donors (Lipinski definition) is 1. The molecule has 0 radical (unpaired) electrons. The van der Waals surface area contributed by atoms with Crippen LogP contribution in [0.25, 0.3) is 0 Å². The molecule has 2 aromatic rings. The van der Waals surface area contributed by atoms with E-state index in [0.717, 1.165) is 11.3 Å². The highest BCUT2D eigenvalue weighted by molar-refractivity contribution is 5.99. The molecule has 21 heavy (non-hydrogen) atoms. The number of para-hydroxylation sites is 1. The molecule has 0 aromatic heterocycles. The van der Waals surface area contributed by atoms with Gasteiger partial charge in [-0.1, -0.05) is 48.5 Å². The van der Waals surface area contributed by atoms with Gasteiger partial charge < -0.3 is 10.2 Å². The fourth-order valence-corrected chi connectivity index (χ4v) is 3.15. The number of rotatable bonds is 3. The second kappa shape index (κ2) is 5.70. The van der Waals surface area contributed by atoms with E-state index in [1.165, 1.54) is 5.56 Å². The summed E-state index contributed by atoms with van der Waals surface area (Å²) >= 11 is 0. The number of ketones is 1. The molecule has 0 saturated carbocycles. The van der Waals surface area contributed by atoms with Crippen LogP contribution in [0.1, 0.15) is 22.0 Å². The van der Waals surface area contributed by atoms with Crippen LogP contribution in [0.3, 0.4) is 0 Å². The lowest BCUT2D eigenvalue weighted by Crippen LogP contribution is -2.40. The van der Waals surface area contributed by atoms with Crippen LogP contribution < -0.4 is 5.32 Å². The van der Waals surface area contributed by atoms with Crippen molar-refractivity contribution in [3.05, 3.63) is 65.7 Å². The largest absolute Gasteiger partial charge is 0.384 e. The molecule has 0 spiro atoms. The Bertz CT molecular complexity index is 637. The Kier molecular flexibility index (Phi) is 3.76. The molecule has 0 amide bonds. The SMILES string of the molecule is CN(C)C1c2ccccc2NCC1C(=O)c1ccccc1. The molecule has 3 heteroatoms. The van der Waals surface area contributed by atoms with Crippen LogP contribution in [-0.4, -0.2) is 31.3 Å². The van der Waals surface area contributed by atoms with E-state index in [1.54, 1.807) is 0 Å². The van der Waals surface area contributed by atoms with Gasteiger partial charge in [0.25, 0.3) is 0 Å². The van der Waals surface area contributed by atoms with Crippen LogP contribution in [0.4, 0.5) is 5.69 Å². The number of anilines is 1. The lowest BCUT2D eigenvalue weighted by Gasteiger charge is -2.37. The first-order chi connectivity index (χ1) is 10.2. The van der Waals surface area contributed by atoms with Gasteiger partial charge in [-0.05, 0) is 25.7 Å². The number of carbonyl (C=O) groups excluding carboxylic acids is 1. The summed E-state index contributed by atoms with van der Waals surface area (Å²) in [6.45, 7) is 0.674. The number of nitrogens with one attached hydrogen (secondary N) is 1. The van der Waals surface area contributed by atoms with Crippen molar-refractivity contribution in [1.29, 1.82) is 0 Å². The molecule has 1 aliphatic rings. The summed E-state index contributed by atoms with van der Waals surface area (Å²) in [5.74, 6) is 0.133. The molecule has 108 valence electrons. The van der Waals surface area contributed by atoms with Crippen molar-refractivity contribution >= 4 is 11.5 Å². The number of Topliss-reactive ketones (excluding diaryl/α,β-unsaturated/α-hetero) is 1. The Morgan fingerprint density at radius 2 is 1.71 bits per heavy atom. The predicted molar refractivity (Wildman–Crippen MR) is 85.6 cm³/mol. The van der Waals surface area contributed by atoms with Crippen LogP contribution in [0.5, 0.6) is 0 Å². The quantitative estimate of drug-likeness (QED) is 0.876. The predicted octanol–water partition coefficient (Wildman–Crippen LogP) is 3.21. The maximum Gasteiger partial charge on any atom is 0.169 e. The smallest absolute Gasteiger partial charge is 0.169 e. The Balaban J connectivity index is 1.98. The number of benzene rings is 2. The van der Waals surface area contributed by atoms with Crippen molar-refractivity contribution < 1.29 is 4.79 Å². The van der Waals surface area contributed by atoms with Crippen LogP contribution in [0, 0.1) is 5.92 Å². The minimum Gasteiger partial charge on any atom is -0.384 e. The zero-order chi connectivity index (χ0) is 14.8. The van der Waals surface area contributed by atoms with E-state index in [9.17, 15) is 4.79 Å². The molecule has 3 rings (SSSR count). The van der Waals surface area contributed by atoms with Crippen molar-refractivity contribution in [2.75, 3.05) is 26.0 Å². The fourth-order valence-electron chi connectivity index (χ4n) is 3.15. The van der Waals surface area contributed by atoms with Gasteiger partial charge in [-0.15, -0.1) is 0 Å². The minimum atomic E-state index is -0.0719. The highest BCUT2D eigenvalue weighted by Gasteiger charge is 2.35. The molecule has 0 saturated heterocycles. The third-order valence-electron chi connectivity index (χ3n) is 4.12. The third kappa shape index (κ3) is 2.57. The van der Waals surface area contributed by atoms with E-state index in [4.69, 9.17) is 0 Å². The third-order valence-corrected chi connectivity index (χ3v) is 4.12. The molecular weight excluding hydrogens is 260 g/mol. The summed E-state index contributed by atoms with van der Waals surface area (Å²) in [6.07, 6.45) is 0. The Labute approximate surface area is 125 Å². The van der Waals surface area contributed by atoms with Gasteiger partial charge in [0.1, 0.15) is 0 Å². The lowest BCUT2D eigenvalue weighted by atomic mass is 9.82. The molecule has 2 aromatic carbocycles. The molecule has 3 nitrogen and oxygen atoms in total. The minimum absolute atomic E-state index is 0.0719. The van der Waals surface area contributed by atoms with Gasteiger partial charge in [0, 0.05) is 23.8 Å². The number of hydrogen-bond acceptors (Lipinski definition) is 3. The molecule has 0 aliphatic carbocycles. The number of carbonyl (C=O) groups is 1. The van der Waals surface area contributed by atoms with Gasteiger partial charge in [0.15, 0.2) is 5.78 Å². The molecule has 1 N–H and O–H groups in total. The average molecular weight is 280 g/mol. The second-order valence-electron chi connectivity index (χ2n) is 5.71. The van der Waals surface area contributed by atoms with Crippen LogP contribution >= 0.6 is 0 Å². The van der Waals surface area contributed by atoms with Gasteiger partial charge in [0.2, 0.25) is 0 Å². The van der Waals surface area contributed by atoms with E-state index < -0.39 is 0 Å². The molecular formula is C18H20N2O. The maximum absolute atomic E-state index is 12.9. The first-order valence-electron chi connectivity index (χ1n) is 7.27. The van der Waals surface area contributed by atoms with Gasteiger partial charge >= 0.3 is 0 Å². The van der Waals surface area contributed by atoms with Crippen LogP contribution in [0.15, 0.2) is 54.6 Å². The zero-order valence-electron chi connectivity index (χ0n) is 12.4. The van der Waals surface area contributed by atoms with Gasteiger partial charge in [-0.2, -0.15) is 0 Å². The second-order valence-corrected chi connectivity index (χ2v) is 5.71. The summed E-state index contributed by atoms with van der Waals surface area (Å²) in [4.78, 5) is 15.0. The first-order valence-corrected chi connectivity index (χ1v) is 7.27. The highest BCUT2D eigenvalue weighted by Crippen LogP contribution is 2.37. The molecule has 0 fully saturated rings. The fraction of sp³-hybridized carbons (Fsp3) is 0.278. The van der Waals surface area contributed by atoms with Crippen LogP contribution in [-0.2, 0) is 0 Å². The standard InChI is InChI=1S/C18H20N2O/c1-20(2)17-14-10-6-7-11-16(14)19-12-15(17)18(21)13-8-4-3-5-9-13/h3-11,15,17,19H,12H2,1-2H3. The summed E-state index contributed by atoms with van der Waals surface area (Å²) in [6, 6.07) is 17.9. The Morgan fingerprint density at radius 3 is 2.43 bits per heavy atom. The van der Waals surface area contributed by atoms with Gasteiger partial charge in [-0.3, -0.25) is 4.79 Å². The van der Waals surface area contributed by atoms with Gasteiger partial charge in [0.05, 0.1) is 5.92 Å². The van der Waals surface area contributed by atoms with E-state index in [1.807, 2.05) is 56.6 Å². The molecule has 1 heterocycles. The summed E-state index contributed by atoms with van der Waals surface area (Å²) < 4.78 is 0. The molecule has 2 atom stereocenters. The Morgan fingerprint density at radius 1 is 1.05 bits per heavy atom. The summed E-state index contributed by atoms with van der Waals surface area (Å²) in [7, 11) is 4.08. The van der Waals surface area contributed by atoms with Crippen molar-refractivity contribution in [2.45, 2.75) is 6.04 Å². The monoisotopic (exact) mass is 280 g/mol. The normalized spacial score (nSPS) is 20.7. The highest BCUT2D eigenvalue weighted by atomic mass is 16.1. The van der Waals surface area contributed by atoms with Crippen molar-refractivity contribution in [3.8, 4) is 0 Å². The molecule has 1 aliphatic heterocycles. The number of fused-ring (bicyclic) bond motifs is 1. The lowest BCUT2D eigenvalue weighted by molar-refractivity contribution is 0.0839. The summed E-state index contributed by atoms with van der Waals surface area (Å²) in [5.41, 5.74) is 3.12. The van der Waals surface area contributed by atoms with Crippen molar-refractivity contribution in [3.63, 3.8) is 0 Å². The maximum atomic E-state index is 12.9. The van der Waals surface area contributed by atoms with Gasteiger partial charge in [-0.25, -0.2) is 0 Å². The number of nitrogens with zero attached hydrogens (tertiary/aromatic N) is 1. The van der Waals surface area contributed by atoms with E-state index in [0.29, 0.717) is 6.54 Å². The van der Waals surface area contributed by atoms with Crippen molar-refractivity contribution in [2.24, 2.45) is 5.92 Å². The molecule has 2 unspecified atom stereocenters. The topological polar surface area (TPSA) is 32.3 Å². The van der Waals surface area contributed by atoms with Crippen molar-refractivity contribution in [1.82, 2.24) is 4.90 Å². The summed E-state index contributed by atoms with van der Waals surface area (Å²) in [5, 5.41) is 3.40. The average Bonchev–Trinajstić information content (AvgIpc) is 2.53. The molecule has 0 bridgehead atoms. The van der Waals surface area contributed by atoms with E-state index in [-0.39, 0.29) is 17.7 Å². The van der Waals surface area contributed by atoms with Crippen LogP contribution in [0.2, 0.25) is 0 Å². The van der Waals surface area contributed by atoms with E-state index in [2.05, 4.69) is 22.3 Å². The van der Waals surface area contributed by atoms with E-state index >= 15 is 0 Å². The Hall–Kier alpha value is -2.13.